The smallest absolute Gasteiger partial charge is 0.258 e. The molecule has 2 aromatic heterocycles. The summed E-state index contributed by atoms with van der Waals surface area (Å²) in [6.07, 6.45) is 2.86. The summed E-state index contributed by atoms with van der Waals surface area (Å²) in [7, 11) is 3.17. The lowest BCUT2D eigenvalue weighted by molar-refractivity contribution is 0.0714. The molecular formula is C20H19N3O4. The molecule has 3 heterocycles. The highest BCUT2D eigenvalue weighted by atomic mass is 16.5. The number of fused-ring (bicyclic) bond motifs is 1. The molecule has 1 aromatic carbocycles. The number of rotatable bonds is 6. The summed E-state index contributed by atoms with van der Waals surface area (Å²) in [6, 6.07) is 12.7. The first-order chi connectivity index (χ1) is 13.2. The molecule has 0 saturated carbocycles. The Morgan fingerprint density at radius 2 is 2.00 bits per heavy atom. The molecule has 27 heavy (non-hydrogen) atoms. The zero-order chi connectivity index (χ0) is 18.8. The number of anilines is 1. The predicted molar refractivity (Wildman–Crippen MR) is 98.7 cm³/mol. The van der Waals surface area contributed by atoms with Gasteiger partial charge in [-0.3, -0.25) is 9.78 Å². The number of ether oxygens (including phenoxy) is 2. The minimum Gasteiger partial charge on any atom is -0.493 e. The van der Waals surface area contributed by atoms with Gasteiger partial charge in [0.15, 0.2) is 11.5 Å². The van der Waals surface area contributed by atoms with Crippen LogP contribution in [0.1, 0.15) is 28.0 Å². The summed E-state index contributed by atoms with van der Waals surface area (Å²) in [6.45, 7) is 0.340. The average Bonchev–Trinajstić information content (AvgIpc) is 3.31. The molecule has 0 fully saturated rings. The van der Waals surface area contributed by atoms with Gasteiger partial charge in [0.1, 0.15) is 11.9 Å². The maximum atomic E-state index is 12.9. The molecule has 7 nitrogen and oxygen atoms in total. The van der Waals surface area contributed by atoms with Crippen LogP contribution in [0.4, 0.5) is 5.69 Å². The quantitative estimate of drug-likeness (QED) is 0.721. The van der Waals surface area contributed by atoms with E-state index in [9.17, 15) is 4.79 Å². The molecule has 1 aliphatic rings. The normalized spacial score (nSPS) is 15.6. The SMILES string of the molecule is COc1ccc(NC2c3ncccc3C(=O)N2Cc2ccco2)cc1OC. The zero-order valence-electron chi connectivity index (χ0n) is 15.0. The average molecular weight is 365 g/mol. The van der Waals surface area contributed by atoms with Crippen molar-refractivity contribution in [1.82, 2.24) is 9.88 Å². The van der Waals surface area contributed by atoms with E-state index in [1.54, 1.807) is 49.8 Å². The molecule has 0 radical (unpaired) electrons. The van der Waals surface area contributed by atoms with E-state index in [0.29, 0.717) is 35.1 Å². The van der Waals surface area contributed by atoms with Gasteiger partial charge >= 0.3 is 0 Å². The molecule has 4 rings (SSSR count). The number of benzene rings is 1. The molecule has 3 aromatic rings. The fourth-order valence-electron chi connectivity index (χ4n) is 3.20. The van der Waals surface area contributed by atoms with Crippen LogP contribution in [-0.2, 0) is 6.54 Å². The molecule has 1 atom stereocenters. The highest BCUT2D eigenvalue weighted by molar-refractivity contribution is 5.98. The third kappa shape index (κ3) is 3.08. The van der Waals surface area contributed by atoms with Gasteiger partial charge in [0.05, 0.1) is 38.3 Å². The molecule has 0 spiro atoms. The van der Waals surface area contributed by atoms with Crippen molar-refractivity contribution < 1.29 is 18.7 Å². The van der Waals surface area contributed by atoms with E-state index in [0.717, 1.165) is 5.69 Å². The van der Waals surface area contributed by atoms with Gasteiger partial charge in [0, 0.05) is 18.0 Å². The molecule has 1 aliphatic heterocycles. The lowest BCUT2D eigenvalue weighted by Crippen LogP contribution is -2.32. The molecule has 1 unspecified atom stereocenters. The first kappa shape index (κ1) is 17.0. The Hall–Kier alpha value is -3.48. The second kappa shape index (κ2) is 7.03. The number of hydrogen-bond acceptors (Lipinski definition) is 6. The molecule has 1 amide bonds. The van der Waals surface area contributed by atoms with Gasteiger partial charge in [-0.15, -0.1) is 0 Å². The van der Waals surface area contributed by atoms with Crippen LogP contribution in [0.25, 0.3) is 0 Å². The number of carbonyl (C=O) groups is 1. The first-order valence-corrected chi connectivity index (χ1v) is 8.48. The van der Waals surface area contributed by atoms with Crippen molar-refractivity contribution >= 4 is 11.6 Å². The number of hydrogen-bond donors (Lipinski definition) is 1. The number of methoxy groups -OCH3 is 2. The third-order valence-corrected chi connectivity index (χ3v) is 4.49. The monoisotopic (exact) mass is 365 g/mol. The predicted octanol–water partition coefficient (Wildman–Crippen LogP) is 3.46. The van der Waals surface area contributed by atoms with Gasteiger partial charge in [-0.05, 0) is 36.4 Å². The second-order valence-electron chi connectivity index (χ2n) is 6.07. The molecule has 0 saturated heterocycles. The highest BCUT2D eigenvalue weighted by Gasteiger charge is 2.38. The van der Waals surface area contributed by atoms with E-state index < -0.39 is 6.17 Å². The number of aromatic nitrogens is 1. The van der Waals surface area contributed by atoms with Crippen molar-refractivity contribution in [2.45, 2.75) is 12.7 Å². The maximum absolute atomic E-state index is 12.9. The number of nitrogens with one attached hydrogen (secondary N) is 1. The summed E-state index contributed by atoms with van der Waals surface area (Å²) < 4.78 is 16.1. The Kier molecular flexibility index (Phi) is 4.42. The molecule has 7 heteroatoms. The van der Waals surface area contributed by atoms with Crippen LogP contribution in [0, 0.1) is 0 Å². The van der Waals surface area contributed by atoms with E-state index in [1.807, 2.05) is 24.3 Å². The van der Waals surface area contributed by atoms with Crippen molar-refractivity contribution in [1.29, 1.82) is 0 Å². The van der Waals surface area contributed by atoms with Gasteiger partial charge in [-0.1, -0.05) is 0 Å². The topological polar surface area (TPSA) is 76.8 Å². The number of carbonyl (C=O) groups excluding carboxylic acids is 1. The Morgan fingerprint density at radius 3 is 2.74 bits per heavy atom. The minimum atomic E-state index is -0.420. The number of furan rings is 1. The van der Waals surface area contributed by atoms with Crippen LogP contribution in [0.2, 0.25) is 0 Å². The molecule has 0 aliphatic carbocycles. The lowest BCUT2D eigenvalue weighted by Gasteiger charge is -2.26. The van der Waals surface area contributed by atoms with Gasteiger partial charge < -0.3 is 24.1 Å². The first-order valence-electron chi connectivity index (χ1n) is 8.48. The summed E-state index contributed by atoms with van der Waals surface area (Å²) >= 11 is 0. The lowest BCUT2D eigenvalue weighted by atomic mass is 10.2. The fraction of sp³-hybridized carbons (Fsp3) is 0.200. The maximum Gasteiger partial charge on any atom is 0.258 e. The van der Waals surface area contributed by atoms with Crippen molar-refractivity contribution in [2.75, 3.05) is 19.5 Å². The zero-order valence-corrected chi connectivity index (χ0v) is 15.0. The van der Waals surface area contributed by atoms with Gasteiger partial charge in [-0.2, -0.15) is 0 Å². The molecule has 1 N–H and O–H groups in total. The van der Waals surface area contributed by atoms with Crippen molar-refractivity contribution in [3.63, 3.8) is 0 Å². The van der Waals surface area contributed by atoms with Crippen LogP contribution in [0.3, 0.4) is 0 Å². The van der Waals surface area contributed by atoms with Crippen LogP contribution in [-0.4, -0.2) is 30.0 Å². The number of amides is 1. The third-order valence-electron chi connectivity index (χ3n) is 4.49. The Bertz CT molecular complexity index is 956. The van der Waals surface area contributed by atoms with Crippen molar-refractivity contribution in [3.8, 4) is 11.5 Å². The van der Waals surface area contributed by atoms with Gasteiger partial charge in [0.2, 0.25) is 0 Å². The summed E-state index contributed by atoms with van der Waals surface area (Å²) in [4.78, 5) is 19.0. The van der Waals surface area contributed by atoms with Crippen LogP contribution >= 0.6 is 0 Å². The summed E-state index contributed by atoms with van der Waals surface area (Å²) in [5.41, 5.74) is 2.05. The van der Waals surface area contributed by atoms with Gasteiger partial charge in [-0.25, -0.2) is 0 Å². The van der Waals surface area contributed by atoms with Crippen LogP contribution in [0.15, 0.2) is 59.3 Å². The molecular weight excluding hydrogens is 346 g/mol. The number of nitrogens with zero attached hydrogens (tertiary/aromatic N) is 2. The van der Waals surface area contributed by atoms with Gasteiger partial charge in [0.25, 0.3) is 5.91 Å². The Labute approximate surface area is 156 Å². The van der Waals surface area contributed by atoms with E-state index in [1.165, 1.54) is 0 Å². The minimum absolute atomic E-state index is 0.0903. The van der Waals surface area contributed by atoms with E-state index in [-0.39, 0.29) is 5.91 Å². The largest absolute Gasteiger partial charge is 0.493 e. The van der Waals surface area contributed by atoms with Crippen molar-refractivity contribution in [3.05, 3.63) is 71.9 Å². The Balaban J connectivity index is 1.68. The summed E-state index contributed by atoms with van der Waals surface area (Å²) in [5.74, 6) is 1.85. The van der Waals surface area contributed by atoms with Crippen LogP contribution in [0.5, 0.6) is 11.5 Å². The van der Waals surface area contributed by atoms with E-state index in [4.69, 9.17) is 13.9 Å². The fourth-order valence-corrected chi connectivity index (χ4v) is 3.20. The second-order valence-corrected chi connectivity index (χ2v) is 6.07. The van der Waals surface area contributed by atoms with E-state index in [2.05, 4.69) is 10.3 Å². The highest BCUT2D eigenvalue weighted by Crippen LogP contribution is 2.36. The summed E-state index contributed by atoms with van der Waals surface area (Å²) in [5, 5.41) is 3.38. The van der Waals surface area contributed by atoms with E-state index >= 15 is 0 Å². The number of pyridine rings is 1. The molecule has 0 bridgehead atoms. The molecule has 138 valence electrons. The van der Waals surface area contributed by atoms with Crippen LogP contribution < -0.4 is 14.8 Å². The van der Waals surface area contributed by atoms with Crippen molar-refractivity contribution in [2.24, 2.45) is 0 Å². The Morgan fingerprint density at radius 1 is 1.15 bits per heavy atom. The standard InChI is InChI=1S/C20H19N3O4/c1-25-16-8-7-13(11-17(16)26-2)22-19-18-15(6-3-9-21-18)20(24)23(19)12-14-5-4-10-27-14/h3-11,19,22H,12H2,1-2H3.